The molecule has 2 aliphatic heterocycles. The first-order valence-electron chi connectivity index (χ1n) is 8.98. The molecule has 3 heterocycles. The number of hydrogen-bond donors (Lipinski definition) is 0. The van der Waals surface area contributed by atoms with Gasteiger partial charge >= 0.3 is 0 Å². The zero-order valence-electron chi connectivity index (χ0n) is 14.7. The van der Waals surface area contributed by atoms with Gasteiger partial charge in [0.05, 0.1) is 0 Å². The Morgan fingerprint density at radius 2 is 1.88 bits per heavy atom. The van der Waals surface area contributed by atoms with Crippen molar-refractivity contribution in [2.24, 2.45) is 0 Å². The molecule has 1 aromatic carbocycles. The van der Waals surface area contributed by atoms with E-state index in [0.717, 1.165) is 37.7 Å². The number of aromatic nitrogens is 1. The second kappa shape index (κ2) is 7.42. The number of rotatable bonds is 5. The summed E-state index contributed by atoms with van der Waals surface area (Å²) in [6.45, 7) is 4.49. The number of ether oxygens (including phenoxy) is 2. The Labute approximate surface area is 149 Å². The molecule has 0 unspecified atom stereocenters. The zero-order chi connectivity index (χ0) is 17.1. The minimum absolute atomic E-state index is 0.327. The van der Waals surface area contributed by atoms with E-state index in [1.165, 1.54) is 24.0 Å². The van der Waals surface area contributed by atoms with Crippen LogP contribution in [0.25, 0.3) is 0 Å². The average Bonchev–Trinajstić information content (AvgIpc) is 3.10. The Morgan fingerprint density at radius 3 is 2.68 bits per heavy atom. The molecular formula is C20H25N3O2. The van der Waals surface area contributed by atoms with Gasteiger partial charge in [0, 0.05) is 31.5 Å². The third-order valence-corrected chi connectivity index (χ3v) is 5.14. The van der Waals surface area contributed by atoms with E-state index in [1.807, 2.05) is 24.5 Å². The highest BCUT2D eigenvalue weighted by Gasteiger charge is 2.24. The standard InChI is InChI=1S/C20H25N3O2/c1-22-9-6-18(7-10-22)23(14-17-3-2-8-21-12-17)13-16-4-5-19-20(11-16)25-15-24-19/h2-5,8,11-12,18H,6-7,9-10,13-15H2,1H3. The fourth-order valence-corrected chi connectivity index (χ4v) is 3.67. The van der Waals surface area contributed by atoms with Crippen LogP contribution >= 0.6 is 0 Å². The van der Waals surface area contributed by atoms with Crippen molar-refractivity contribution in [3.63, 3.8) is 0 Å². The lowest BCUT2D eigenvalue weighted by Crippen LogP contribution is -2.43. The largest absolute Gasteiger partial charge is 0.454 e. The summed E-state index contributed by atoms with van der Waals surface area (Å²) < 4.78 is 11.0. The van der Waals surface area contributed by atoms with E-state index in [0.29, 0.717) is 12.8 Å². The minimum atomic E-state index is 0.327. The van der Waals surface area contributed by atoms with Gasteiger partial charge in [-0.15, -0.1) is 0 Å². The molecule has 0 spiro atoms. The predicted octanol–water partition coefficient (Wildman–Crippen LogP) is 2.91. The first-order valence-corrected chi connectivity index (χ1v) is 8.98. The van der Waals surface area contributed by atoms with E-state index in [-0.39, 0.29) is 0 Å². The molecule has 0 N–H and O–H groups in total. The van der Waals surface area contributed by atoms with Crippen molar-refractivity contribution in [3.05, 3.63) is 53.9 Å². The number of nitrogens with zero attached hydrogens (tertiary/aromatic N) is 3. The molecular weight excluding hydrogens is 314 g/mol. The second-order valence-electron chi connectivity index (χ2n) is 6.99. The van der Waals surface area contributed by atoms with Crippen LogP contribution in [0.2, 0.25) is 0 Å². The van der Waals surface area contributed by atoms with Crippen molar-refractivity contribution in [1.29, 1.82) is 0 Å². The molecule has 0 aliphatic carbocycles. The van der Waals surface area contributed by atoms with Crippen LogP contribution in [-0.2, 0) is 13.1 Å². The van der Waals surface area contributed by atoms with Crippen LogP contribution < -0.4 is 9.47 Å². The quantitative estimate of drug-likeness (QED) is 0.837. The highest BCUT2D eigenvalue weighted by Crippen LogP contribution is 2.33. The zero-order valence-corrected chi connectivity index (χ0v) is 14.7. The van der Waals surface area contributed by atoms with Crippen molar-refractivity contribution in [2.75, 3.05) is 26.9 Å². The van der Waals surface area contributed by atoms with E-state index < -0.39 is 0 Å². The molecule has 0 saturated carbocycles. The SMILES string of the molecule is CN1CCC(N(Cc2cccnc2)Cc2ccc3c(c2)OCO3)CC1. The molecule has 1 fully saturated rings. The lowest BCUT2D eigenvalue weighted by atomic mass is 10.0. The molecule has 1 aromatic heterocycles. The van der Waals surface area contributed by atoms with Crippen LogP contribution in [0, 0.1) is 0 Å². The Bertz CT molecular complexity index is 699. The Kier molecular flexibility index (Phi) is 4.85. The highest BCUT2D eigenvalue weighted by atomic mass is 16.7. The second-order valence-corrected chi connectivity index (χ2v) is 6.99. The highest BCUT2D eigenvalue weighted by molar-refractivity contribution is 5.44. The van der Waals surface area contributed by atoms with Crippen LogP contribution in [0.1, 0.15) is 24.0 Å². The van der Waals surface area contributed by atoms with Crippen LogP contribution in [0.5, 0.6) is 11.5 Å². The molecule has 0 amide bonds. The molecule has 0 bridgehead atoms. The van der Waals surface area contributed by atoms with Crippen LogP contribution in [0.4, 0.5) is 0 Å². The molecule has 25 heavy (non-hydrogen) atoms. The lowest BCUT2D eigenvalue weighted by Gasteiger charge is -2.37. The molecule has 2 aliphatic rings. The average molecular weight is 339 g/mol. The van der Waals surface area contributed by atoms with Crippen molar-refractivity contribution in [1.82, 2.24) is 14.8 Å². The number of piperidine rings is 1. The van der Waals surface area contributed by atoms with E-state index in [1.54, 1.807) is 0 Å². The van der Waals surface area contributed by atoms with E-state index in [2.05, 4.69) is 40.0 Å². The summed E-state index contributed by atoms with van der Waals surface area (Å²) in [6, 6.07) is 11.1. The monoisotopic (exact) mass is 339 g/mol. The van der Waals surface area contributed by atoms with E-state index >= 15 is 0 Å². The first kappa shape index (κ1) is 16.4. The van der Waals surface area contributed by atoms with Crippen molar-refractivity contribution < 1.29 is 9.47 Å². The van der Waals surface area contributed by atoms with Crippen molar-refractivity contribution in [2.45, 2.75) is 32.0 Å². The van der Waals surface area contributed by atoms with Gasteiger partial charge in [0.2, 0.25) is 6.79 Å². The molecule has 5 nitrogen and oxygen atoms in total. The molecule has 132 valence electrons. The topological polar surface area (TPSA) is 37.8 Å². The van der Waals surface area contributed by atoms with Gasteiger partial charge in [-0.2, -0.15) is 0 Å². The van der Waals surface area contributed by atoms with Crippen LogP contribution in [-0.4, -0.2) is 47.8 Å². The summed E-state index contributed by atoms with van der Waals surface area (Å²) in [7, 11) is 2.21. The third kappa shape index (κ3) is 3.94. The predicted molar refractivity (Wildman–Crippen MR) is 96.6 cm³/mol. The number of benzene rings is 1. The number of likely N-dealkylation sites (tertiary alicyclic amines) is 1. The molecule has 5 heteroatoms. The van der Waals surface area contributed by atoms with Gasteiger partial charge in [0.1, 0.15) is 0 Å². The summed E-state index contributed by atoms with van der Waals surface area (Å²) in [4.78, 5) is 9.28. The molecule has 4 rings (SSSR count). The Balaban J connectivity index is 1.52. The van der Waals surface area contributed by atoms with E-state index in [9.17, 15) is 0 Å². The number of hydrogen-bond acceptors (Lipinski definition) is 5. The van der Waals surface area contributed by atoms with Crippen molar-refractivity contribution in [3.8, 4) is 11.5 Å². The van der Waals surface area contributed by atoms with Gasteiger partial charge in [0.15, 0.2) is 11.5 Å². The molecule has 0 radical (unpaired) electrons. The fraction of sp³-hybridized carbons (Fsp3) is 0.450. The van der Waals surface area contributed by atoms with Gasteiger partial charge in [0.25, 0.3) is 0 Å². The molecule has 2 aromatic rings. The maximum atomic E-state index is 5.54. The third-order valence-electron chi connectivity index (χ3n) is 5.14. The molecule has 0 atom stereocenters. The van der Waals surface area contributed by atoms with Crippen LogP contribution in [0.15, 0.2) is 42.7 Å². The van der Waals surface area contributed by atoms with Gasteiger partial charge in [-0.3, -0.25) is 9.88 Å². The van der Waals surface area contributed by atoms with Gasteiger partial charge in [-0.25, -0.2) is 0 Å². The lowest BCUT2D eigenvalue weighted by molar-refractivity contribution is 0.108. The summed E-state index contributed by atoms with van der Waals surface area (Å²) in [6.07, 6.45) is 6.23. The Hall–Kier alpha value is -2.11. The summed E-state index contributed by atoms with van der Waals surface area (Å²) in [5.41, 5.74) is 2.54. The Morgan fingerprint density at radius 1 is 1.08 bits per heavy atom. The van der Waals surface area contributed by atoms with Gasteiger partial charge < -0.3 is 14.4 Å². The summed E-state index contributed by atoms with van der Waals surface area (Å²) in [5.74, 6) is 1.71. The number of fused-ring (bicyclic) bond motifs is 1. The molecule has 1 saturated heterocycles. The maximum Gasteiger partial charge on any atom is 0.231 e. The fourth-order valence-electron chi connectivity index (χ4n) is 3.67. The van der Waals surface area contributed by atoms with Gasteiger partial charge in [-0.1, -0.05) is 12.1 Å². The maximum absolute atomic E-state index is 5.54. The van der Waals surface area contributed by atoms with Crippen LogP contribution in [0.3, 0.4) is 0 Å². The number of pyridine rings is 1. The first-order chi connectivity index (χ1) is 12.3. The minimum Gasteiger partial charge on any atom is -0.454 e. The summed E-state index contributed by atoms with van der Waals surface area (Å²) in [5, 5.41) is 0. The van der Waals surface area contributed by atoms with Gasteiger partial charge in [-0.05, 0) is 62.3 Å². The van der Waals surface area contributed by atoms with E-state index in [4.69, 9.17) is 9.47 Å². The van der Waals surface area contributed by atoms with Crippen molar-refractivity contribution >= 4 is 0 Å². The smallest absolute Gasteiger partial charge is 0.231 e. The normalized spacial score (nSPS) is 18.0. The summed E-state index contributed by atoms with van der Waals surface area (Å²) >= 11 is 0.